The Hall–Kier alpha value is -17.2. The first kappa shape index (κ1) is 71.7. The van der Waals surface area contributed by atoms with Crippen molar-refractivity contribution < 1.29 is 8.83 Å². The Morgan fingerprint density at radius 2 is 0.373 bits per heavy atom. The highest BCUT2D eigenvalue weighted by Crippen LogP contribution is 2.44. The summed E-state index contributed by atoms with van der Waals surface area (Å²) in [5.41, 5.74) is 27.4. The zero-order valence-corrected chi connectivity index (χ0v) is 67.7. The van der Waals surface area contributed by atoms with Gasteiger partial charge in [0.15, 0.2) is 34.9 Å². The second-order valence-electron chi connectivity index (χ2n) is 32.1. The molecule has 0 spiro atoms. The number of aromatic nitrogens is 10. The predicted octanol–water partition coefficient (Wildman–Crippen LogP) is 29.3. The van der Waals surface area contributed by atoms with Crippen molar-refractivity contribution in [3.63, 3.8) is 0 Å². The average Bonchev–Trinajstić information content (AvgIpc) is 1.59. The molecule has 26 aromatic rings. The zero-order valence-electron chi connectivity index (χ0n) is 67.7. The summed E-state index contributed by atoms with van der Waals surface area (Å²) in [6, 6.07) is 149. The topological polar surface area (TPSA) is 123 Å². The summed E-state index contributed by atoms with van der Waals surface area (Å²) in [4.78, 5) is 29.8. The monoisotopic (exact) mass is 1610 g/mol. The molecule has 0 saturated heterocycles. The lowest BCUT2D eigenvalue weighted by atomic mass is 10.0. The van der Waals surface area contributed by atoms with Gasteiger partial charge in [-0.3, -0.25) is 0 Å². The standard InChI is InChI=1S/2C57H35N5O/c1-3-14-36(15-4-1)55-58-56(37-16-5-2-6-17-37)60-57(59-55)40-18-13-19-41(32-40)61-49-23-10-7-20-43(49)46-33-38(26-29-51(46)61)39-27-30-52-47(34-39)44-21-8-11-24-50(44)62(52)42-28-31-54-48(35-42)45-22-9-12-25-53(45)63-54;1-3-13-36(14-4-1)55-58-56(37-15-5-2-6-16-37)60-57(59-55)38-23-27-41(28-24-38)61-49-20-10-7-17-43(49)46-33-39(25-30-51(46)61)40-26-31-52-47(34-40)44-18-8-11-21-50(44)62(52)42-29-32-54-48(35-42)45-19-9-12-22-53(45)63-54/h2*1-35H. The van der Waals surface area contributed by atoms with Gasteiger partial charge in [0.2, 0.25) is 0 Å². The van der Waals surface area contributed by atoms with Gasteiger partial charge >= 0.3 is 0 Å². The number of furan rings is 2. The molecule has 0 atom stereocenters. The molecule has 126 heavy (non-hydrogen) atoms. The molecule has 588 valence electrons. The molecule has 0 aliphatic carbocycles. The van der Waals surface area contributed by atoms with Crippen molar-refractivity contribution >= 4 is 131 Å². The number of benzene rings is 18. The Bertz CT molecular complexity index is 8730. The van der Waals surface area contributed by atoms with Gasteiger partial charge in [-0.25, -0.2) is 29.9 Å². The van der Waals surface area contributed by atoms with Crippen molar-refractivity contribution in [2.45, 2.75) is 0 Å². The molecule has 26 rings (SSSR count). The first-order valence-electron chi connectivity index (χ1n) is 42.4. The number of hydrogen-bond donors (Lipinski definition) is 0. The summed E-state index contributed by atoms with van der Waals surface area (Å²) in [6.07, 6.45) is 0. The molecule has 0 N–H and O–H groups in total. The Morgan fingerprint density at radius 3 is 0.714 bits per heavy atom. The SMILES string of the molecule is c1ccc(-c2nc(-c3ccccc3)nc(-c3ccc(-n4c5ccccc5c5cc(-c6ccc7c(c6)c6ccccc6n7-c6ccc7oc8ccccc8c7c6)ccc54)cc3)n2)cc1.c1ccc(-c2nc(-c3ccccc3)nc(-c3cccc(-n4c5ccccc5c5cc(-c6ccc7c(c6)c6ccccc6n7-c6ccc7oc8ccccc8c7c6)ccc54)c3)n2)cc1. The number of rotatable bonds is 12. The van der Waals surface area contributed by atoms with Gasteiger partial charge in [0.05, 0.1) is 44.1 Å². The summed E-state index contributed by atoms with van der Waals surface area (Å²) in [7, 11) is 0. The third-order valence-corrected chi connectivity index (χ3v) is 24.7. The third-order valence-electron chi connectivity index (χ3n) is 24.7. The first-order chi connectivity index (χ1) is 62.4. The number of fused-ring (bicyclic) bond motifs is 18. The normalized spacial score (nSPS) is 11.8. The molecule has 0 fully saturated rings. The van der Waals surface area contributed by atoms with Crippen molar-refractivity contribution in [3.8, 4) is 113 Å². The van der Waals surface area contributed by atoms with Gasteiger partial charge < -0.3 is 27.1 Å². The van der Waals surface area contributed by atoms with Crippen LogP contribution in [0.25, 0.3) is 244 Å². The summed E-state index contributed by atoms with van der Waals surface area (Å²) in [5, 5.41) is 14.1. The average molecular weight is 1610 g/mol. The molecule has 8 aromatic heterocycles. The van der Waals surface area contributed by atoms with Crippen LogP contribution in [-0.2, 0) is 0 Å². The molecule has 0 saturated carbocycles. The maximum atomic E-state index is 6.19. The van der Waals surface area contributed by atoms with Crippen molar-refractivity contribution in [1.29, 1.82) is 0 Å². The highest BCUT2D eigenvalue weighted by atomic mass is 16.3. The van der Waals surface area contributed by atoms with Crippen LogP contribution in [0.15, 0.2) is 433 Å². The lowest BCUT2D eigenvalue weighted by Gasteiger charge is -2.12. The molecule has 12 nitrogen and oxygen atoms in total. The lowest BCUT2D eigenvalue weighted by molar-refractivity contribution is 0.668. The summed E-state index contributed by atoms with van der Waals surface area (Å²) in [6.45, 7) is 0. The van der Waals surface area contributed by atoms with E-state index in [1.807, 2.05) is 146 Å². The van der Waals surface area contributed by atoms with Crippen LogP contribution in [0.5, 0.6) is 0 Å². The molecule has 0 aliphatic rings. The minimum absolute atomic E-state index is 0.625. The Balaban J connectivity index is 0.000000137. The van der Waals surface area contributed by atoms with Gasteiger partial charge in [0, 0.05) is 121 Å². The van der Waals surface area contributed by atoms with Gasteiger partial charge in [0.25, 0.3) is 0 Å². The predicted molar refractivity (Wildman–Crippen MR) is 515 cm³/mol. The van der Waals surface area contributed by atoms with Crippen molar-refractivity contribution in [2.75, 3.05) is 0 Å². The smallest absolute Gasteiger partial charge is 0.164 e. The summed E-state index contributed by atoms with van der Waals surface area (Å²) < 4.78 is 21.8. The highest BCUT2D eigenvalue weighted by molar-refractivity contribution is 6.16. The van der Waals surface area contributed by atoms with Crippen LogP contribution in [-0.4, -0.2) is 48.2 Å². The van der Waals surface area contributed by atoms with E-state index in [9.17, 15) is 0 Å². The molecular formula is C114H70N10O2. The molecule has 0 unspecified atom stereocenters. The number of hydrogen-bond acceptors (Lipinski definition) is 8. The van der Waals surface area contributed by atoms with Crippen molar-refractivity contribution in [2.24, 2.45) is 0 Å². The Labute approximate surface area is 721 Å². The van der Waals surface area contributed by atoms with E-state index in [0.29, 0.717) is 34.9 Å². The van der Waals surface area contributed by atoms with Crippen LogP contribution in [0.2, 0.25) is 0 Å². The van der Waals surface area contributed by atoms with E-state index >= 15 is 0 Å². The van der Waals surface area contributed by atoms with Gasteiger partial charge in [-0.1, -0.05) is 267 Å². The minimum atomic E-state index is 0.625. The van der Waals surface area contributed by atoms with Crippen LogP contribution in [0.4, 0.5) is 0 Å². The van der Waals surface area contributed by atoms with E-state index < -0.39 is 0 Å². The highest BCUT2D eigenvalue weighted by Gasteiger charge is 2.24. The van der Waals surface area contributed by atoms with Crippen molar-refractivity contribution in [1.82, 2.24) is 48.2 Å². The maximum Gasteiger partial charge on any atom is 0.164 e. The van der Waals surface area contributed by atoms with Gasteiger partial charge in [0.1, 0.15) is 22.3 Å². The van der Waals surface area contributed by atoms with E-state index in [1.165, 1.54) is 70.8 Å². The summed E-state index contributed by atoms with van der Waals surface area (Å²) in [5.74, 6) is 3.83. The van der Waals surface area contributed by atoms with E-state index in [2.05, 4.69) is 297 Å². The van der Waals surface area contributed by atoms with Crippen LogP contribution < -0.4 is 0 Å². The largest absolute Gasteiger partial charge is 0.456 e. The van der Waals surface area contributed by atoms with Crippen LogP contribution in [0, 0.1) is 0 Å². The number of para-hydroxylation sites is 6. The Morgan fingerprint density at radius 1 is 0.135 bits per heavy atom. The van der Waals surface area contributed by atoms with Crippen LogP contribution in [0.3, 0.4) is 0 Å². The molecule has 0 radical (unpaired) electrons. The number of nitrogens with zero attached hydrogens (tertiary/aromatic N) is 10. The molecule has 0 bridgehead atoms. The zero-order chi connectivity index (χ0) is 82.9. The van der Waals surface area contributed by atoms with Crippen LogP contribution >= 0.6 is 0 Å². The van der Waals surface area contributed by atoms with E-state index in [4.69, 9.17) is 38.7 Å². The molecular weight excluding hydrogens is 1540 g/mol. The van der Waals surface area contributed by atoms with E-state index in [0.717, 1.165) is 139 Å². The molecule has 12 heteroatoms. The third kappa shape index (κ3) is 12.1. The molecule has 0 amide bonds. The van der Waals surface area contributed by atoms with Crippen molar-refractivity contribution in [3.05, 3.63) is 425 Å². The van der Waals surface area contributed by atoms with E-state index in [-0.39, 0.29) is 0 Å². The quantitative estimate of drug-likeness (QED) is 0.118. The fraction of sp³-hybridized carbons (Fsp3) is 0. The lowest BCUT2D eigenvalue weighted by Crippen LogP contribution is -2.01. The van der Waals surface area contributed by atoms with Gasteiger partial charge in [-0.15, -0.1) is 0 Å². The maximum absolute atomic E-state index is 6.19. The first-order valence-corrected chi connectivity index (χ1v) is 42.4. The van der Waals surface area contributed by atoms with Crippen LogP contribution in [0.1, 0.15) is 0 Å². The second kappa shape index (κ2) is 29.3. The fourth-order valence-corrected chi connectivity index (χ4v) is 18.8. The van der Waals surface area contributed by atoms with Gasteiger partial charge in [-0.05, 0) is 180 Å². The molecule has 0 aliphatic heterocycles. The molecule has 8 heterocycles. The minimum Gasteiger partial charge on any atom is -0.456 e. The molecule has 18 aromatic carbocycles. The van der Waals surface area contributed by atoms with Gasteiger partial charge in [-0.2, -0.15) is 0 Å². The van der Waals surface area contributed by atoms with E-state index in [1.54, 1.807) is 0 Å². The Kier molecular flexibility index (Phi) is 16.7. The second-order valence-corrected chi connectivity index (χ2v) is 32.1. The fourth-order valence-electron chi connectivity index (χ4n) is 18.8. The summed E-state index contributed by atoms with van der Waals surface area (Å²) >= 11 is 0.